The van der Waals surface area contributed by atoms with E-state index in [1.54, 1.807) is 29.0 Å². The molecule has 0 spiro atoms. The fourth-order valence-corrected chi connectivity index (χ4v) is 1.28. The van der Waals surface area contributed by atoms with Crippen LogP contribution in [0.5, 0.6) is 0 Å². The van der Waals surface area contributed by atoms with Crippen LogP contribution in [0, 0.1) is 0 Å². The zero-order chi connectivity index (χ0) is 11.3. The first kappa shape index (κ1) is 11.7. The highest BCUT2D eigenvalue weighted by Gasteiger charge is 1.98. The molecular formula is C10H17N3O2. The number of hydrogen-bond donors (Lipinski definition) is 1. The summed E-state index contributed by atoms with van der Waals surface area (Å²) in [6.45, 7) is 1.43. The zero-order valence-electron chi connectivity index (χ0n) is 9.14. The molecule has 1 aromatic rings. The SMILES string of the molecule is CON(C)CCCn1cc(N)ccc1=O. The number of nitrogens with zero attached hydrogens (tertiary/aromatic N) is 2. The van der Waals surface area contributed by atoms with E-state index < -0.39 is 0 Å². The first-order valence-corrected chi connectivity index (χ1v) is 4.84. The van der Waals surface area contributed by atoms with E-state index in [4.69, 9.17) is 10.6 Å². The number of hydroxylamine groups is 2. The van der Waals surface area contributed by atoms with Gasteiger partial charge in [-0.2, -0.15) is 5.06 Å². The van der Waals surface area contributed by atoms with Gasteiger partial charge in [-0.3, -0.25) is 4.79 Å². The molecule has 0 aromatic carbocycles. The highest BCUT2D eigenvalue weighted by atomic mass is 16.7. The topological polar surface area (TPSA) is 60.5 Å². The molecule has 0 aliphatic rings. The number of anilines is 1. The maximum Gasteiger partial charge on any atom is 0.250 e. The molecule has 0 bridgehead atoms. The molecule has 0 saturated heterocycles. The molecule has 5 heteroatoms. The van der Waals surface area contributed by atoms with Gasteiger partial charge in [0, 0.05) is 38.1 Å². The number of pyridine rings is 1. The molecule has 0 atom stereocenters. The lowest BCUT2D eigenvalue weighted by Crippen LogP contribution is -2.23. The average Bonchev–Trinajstić information content (AvgIpc) is 2.23. The summed E-state index contributed by atoms with van der Waals surface area (Å²) in [5.74, 6) is 0. The number of hydrogen-bond acceptors (Lipinski definition) is 4. The summed E-state index contributed by atoms with van der Waals surface area (Å²) in [4.78, 5) is 16.3. The smallest absolute Gasteiger partial charge is 0.250 e. The molecule has 84 valence electrons. The normalized spacial score (nSPS) is 10.9. The second kappa shape index (κ2) is 5.53. The Morgan fingerprint density at radius 3 is 2.93 bits per heavy atom. The van der Waals surface area contributed by atoms with Crippen LogP contribution in [0.2, 0.25) is 0 Å². The van der Waals surface area contributed by atoms with Gasteiger partial charge in [-0.1, -0.05) is 0 Å². The molecule has 0 fully saturated rings. The van der Waals surface area contributed by atoms with E-state index in [2.05, 4.69) is 0 Å². The van der Waals surface area contributed by atoms with Gasteiger partial charge in [-0.25, -0.2) is 0 Å². The van der Waals surface area contributed by atoms with Gasteiger partial charge in [-0.15, -0.1) is 0 Å². The molecule has 0 aliphatic heterocycles. The number of rotatable bonds is 5. The van der Waals surface area contributed by atoms with Gasteiger partial charge in [0.15, 0.2) is 0 Å². The molecule has 1 aromatic heterocycles. The fraction of sp³-hybridized carbons (Fsp3) is 0.500. The van der Waals surface area contributed by atoms with Gasteiger partial charge in [0.05, 0.1) is 7.11 Å². The molecule has 0 saturated carbocycles. The van der Waals surface area contributed by atoms with Crippen LogP contribution in [-0.4, -0.2) is 30.3 Å². The number of aromatic nitrogens is 1. The van der Waals surface area contributed by atoms with Crippen molar-refractivity contribution in [2.75, 3.05) is 26.4 Å². The molecule has 5 nitrogen and oxygen atoms in total. The standard InChI is InChI=1S/C10H17N3O2/c1-12(15-2)6-3-7-13-8-9(11)4-5-10(13)14/h4-5,8H,3,6-7,11H2,1-2H3. The van der Waals surface area contributed by atoms with Crippen molar-refractivity contribution < 1.29 is 4.84 Å². The minimum atomic E-state index is -0.0238. The van der Waals surface area contributed by atoms with Crippen molar-refractivity contribution in [2.24, 2.45) is 0 Å². The summed E-state index contributed by atoms with van der Waals surface area (Å²) in [7, 11) is 3.47. The van der Waals surface area contributed by atoms with Crippen molar-refractivity contribution >= 4 is 5.69 Å². The third-order valence-electron chi connectivity index (χ3n) is 2.19. The van der Waals surface area contributed by atoms with Crippen LogP contribution >= 0.6 is 0 Å². The molecule has 1 heterocycles. The van der Waals surface area contributed by atoms with Crippen molar-refractivity contribution in [3.63, 3.8) is 0 Å². The van der Waals surface area contributed by atoms with Crippen molar-refractivity contribution in [3.05, 3.63) is 28.7 Å². The molecule has 2 N–H and O–H groups in total. The lowest BCUT2D eigenvalue weighted by Gasteiger charge is -2.13. The van der Waals surface area contributed by atoms with Crippen LogP contribution in [-0.2, 0) is 11.4 Å². The molecule has 0 unspecified atom stereocenters. The Morgan fingerprint density at radius 1 is 1.53 bits per heavy atom. The van der Waals surface area contributed by atoms with Gasteiger partial charge in [0.25, 0.3) is 5.56 Å². The Hall–Kier alpha value is -1.33. The third kappa shape index (κ3) is 3.73. The van der Waals surface area contributed by atoms with Crippen molar-refractivity contribution in [1.82, 2.24) is 9.63 Å². The molecule has 1 rings (SSSR count). The Labute approximate surface area is 89.0 Å². The predicted octanol–water partition coefficient (Wildman–Crippen LogP) is 0.314. The summed E-state index contributed by atoms with van der Waals surface area (Å²) in [6, 6.07) is 3.09. The van der Waals surface area contributed by atoms with Gasteiger partial charge in [0.1, 0.15) is 0 Å². The summed E-state index contributed by atoms with van der Waals surface area (Å²) in [5.41, 5.74) is 6.17. The van der Waals surface area contributed by atoms with Crippen LogP contribution in [0.25, 0.3) is 0 Å². The molecule has 0 amide bonds. The van der Waals surface area contributed by atoms with Gasteiger partial charge >= 0.3 is 0 Å². The van der Waals surface area contributed by atoms with E-state index in [0.717, 1.165) is 13.0 Å². The van der Waals surface area contributed by atoms with Crippen molar-refractivity contribution in [3.8, 4) is 0 Å². The zero-order valence-corrected chi connectivity index (χ0v) is 9.14. The minimum absolute atomic E-state index is 0.0238. The largest absolute Gasteiger partial charge is 0.398 e. The van der Waals surface area contributed by atoms with Crippen LogP contribution in [0.1, 0.15) is 6.42 Å². The maximum absolute atomic E-state index is 11.4. The quantitative estimate of drug-likeness (QED) is 0.712. The van der Waals surface area contributed by atoms with Crippen molar-refractivity contribution in [2.45, 2.75) is 13.0 Å². The number of nitrogens with two attached hydrogens (primary N) is 1. The van der Waals surface area contributed by atoms with Crippen LogP contribution in [0.15, 0.2) is 23.1 Å². The second-order valence-corrected chi connectivity index (χ2v) is 3.38. The number of nitrogen functional groups attached to an aromatic ring is 1. The minimum Gasteiger partial charge on any atom is -0.398 e. The summed E-state index contributed by atoms with van der Waals surface area (Å²) < 4.78 is 1.61. The Bertz CT molecular complexity index is 362. The first-order valence-electron chi connectivity index (χ1n) is 4.84. The monoisotopic (exact) mass is 211 g/mol. The average molecular weight is 211 g/mol. The van der Waals surface area contributed by atoms with Crippen LogP contribution in [0.3, 0.4) is 0 Å². The third-order valence-corrected chi connectivity index (χ3v) is 2.19. The van der Waals surface area contributed by atoms with E-state index in [1.807, 2.05) is 7.05 Å². The van der Waals surface area contributed by atoms with Crippen LogP contribution in [0.4, 0.5) is 5.69 Å². The molecule has 0 radical (unpaired) electrons. The van der Waals surface area contributed by atoms with E-state index in [9.17, 15) is 4.79 Å². The summed E-state index contributed by atoms with van der Waals surface area (Å²) in [5, 5.41) is 1.72. The Kier molecular flexibility index (Phi) is 4.33. The second-order valence-electron chi connectivity index (χ2n) is 3.38. The van der Waals surface area contributed by atoms with Gasteiger partial charge < -0.3 is 15.1 Å². The molecule has 0 aliphatic carbocycles. The van der Waals surface area contributed by atoms with E-state index in [1.165, 1.54) is 6.07 Å². The molecular weight excluding hydrogens is 194 g/mol. The van der Waals surface area contributed by atoms with Crippen LogP contribution < -0.4 is 11.3 Å². The lowest BCUT2D eigenvalue weighted by molar-refractivity contribution is -0.109. The molecule has 15 heavy (non-hydrogen) atoms. The fourth-order valence-electron chi connectivity index (χ4n) is 1.28. The van der Waals surface area contributed by atoms with Gasteiger partial charge in [0.2, 0.25) is 0 Å². The predicted molar refractivity (Wildman–Crippen MR) is 59.4 cm³/mol. The Balaban J connectivity index is 2.50. The maximum atomic E-state index is 11.4. The first-order chi connectivity index (χ1) is 7.13. The summed E-state index contributed by atoms with van der Waals surface area (Å²) >= 11 is 0. The summed E-state index contributed by atoms with van der Waals surface area (Å²) in [6.07, 6.45) is 2.50. The number of aryl methyl sites for hydroxylation is 1. The van der Waals surface area contributed by atoms with E-state index in [0.29, 0.717) is 12.2 Å². The van der Waals surface area contributed by atoms with Crippen molar-refractivity contribution in [1.29, 1.82) is 0 Å². The lowest BCUT2D eigenvalue weighted by atomic mass is 10.3. The van der Waals surface area contributed by atoms with E-state index >= 15 is 0 Å². The Morgan fingerprint density at radius 2 is 2.27 bits per heavy atom. The highest BCUT2D eigenvalue weighted by Crippen LogP contribution is 1.97. The van der Waals surface area contributed by atoms with E-state index in [-0.39, 0.29) is 5.56 Å². The van der Waals surface area contributed by atoms with Gasteiger partial charge in [-0.05, 0) is 12.5 Å². The highest BCUT2D eigenvalue weighted by molar-refractivity contribution is 5.33.